The number of hydrogen-bond acceptors (Lipinski definition) is 3. The van der Waals surface area contributed by atoms with Gasteiger partial charge in [-0.05, 0) is 30.7 Å². The molecule has 1 unspecified atom stereocenters. The van der Waals surface area contributed by atoms with Crippen molar-refractivity contribution >= 4 is 18.2 Å². The molecule has 1 heterocycles. The van der Waals surface area contributed by atoms with E-state index in [0.29, 0.717) is 37.3 Å². The molecule has 0 radical (unpaired) electrons. The molecule has 140 valence electrons. The highest BCUT2D eigenvalue weighted by molar-refractivity contribution is 5.99. The van der Waals surface area contributed by atoms with Gasteiger partial charge in [0, 0.05) is 37.3 Å². The van der Waals surface area contributed by atoms with Crippen LogP contribution in [0.4, 0.5) is 0 Å². The van der Waals surface area contributed by atoms with Gasteiger partial charge in [-0.1, -0.05) is 36.4 Å². The van der Waals surface area contributed by atoms with Gasteiger partial charge in [0.05, 0.1) is 6.04 Å². The summed E-state index contributed by atoms with van der Waals surface area (Å²) in [5, 5.41) is 2.96. The minimum atomic E-state index is -0.216. The molecule has 2 aromatic carbocycles. The van der Waals surface area contributed by atoms with Crippen LogP contribution in [-0.2, 0) is 4.79 Å². The number of rotatable bonds is 5. The zero-order valence-electron chi connectivity index (χ0n) is 15.3. The van der Waals surface area contributed by atoms with Crippen molar-refractivity contribution in [2.45, 2.75) is 13.0 Å². The average molecular weight is 365 g/mol. The highest BCUT2D eigenvalue weighted by Crippen LogP contribution is 2.14. The molecule has 3 amide bonds. The fourth-order valence-electron chi connectivity index (χ4n) is 3.11. The number of piperazine rings is 1. The first kappa shape index (κ1) is 18.6. The van der Waals surface area contributed by atoms with Crippen LogP contribution in [0.15, 0.2) is 54.6 Å². The number of carbonyl (C=O) groups excluding carboxylic acids is 3. The molecule has 1 fully saturated rings. The fourth-order valence-corrected chi connectivity index (χ4v) is 3.11. The third-order valence-corrected chi connectivity index (χ3v) is 4.77. The maximum atomic E-state index is 12.7. The van der Waals surface area contributed by atoms with Gasteiger partial charge in [-0.2, -0.15) is 0 Å². The van der Waals surface area contributed by atoms with Crippen molar-refractivity contribution in [2.24, 2.45) is 0 Å². The van der Waals surface area contributed by atoms with Gasteiger partial charge in [0.1, 0.15) is 0 Å². The maximum absolute atomic E-state index is 12.7. The first-order chi connectivity index (χ1) is 13.1. The summed E-state index contributed by atoms with van der Waals surface area (Å²) < 4.78 is 0. The van der Waals surface area contributed by atoms with E-state index in [2.05, 4.69) is 5.32 Å². The molecule has 1 aliphatic rings. The fraction of sp³-hybridized carbons (Fsp3) is 0.286. The molecule has 6 nitrogen and oxygen atoms in total. The quantitative estimate of drug-likeness (QED) is 0.825. The van der Waals surface area contributed by atoms with Gasteiger partial charge in [0.25, 0.3) is 11.8 Å². The van der Waals surface area contributed by atoms with Crippen LogP contribution < -0.4 is 5.32 Å². The Kier molecular flexibility index (Phi) is 5.86. The first-order valence-electron chi connectivity index (χ1n) is 9.03. The Hall–Kier alpha value is -3.15. The van der Waals surface area contributed by atoms with Crippen molar-refractivity contribution in [3.8, 4) is 0 Å². The highest BCUT2D eigenvalue weighted by atomic mass is 16.2. The van der Waals surface area contributed by atoms with E-state index in [0.717, 1.165) is 12.0 Å². The molecule has 0 aliphatic carbocycles. The van der Waals surface area contributed by atoms with Crippen molar-refractivity contribution in [3.05, 3.63) is 71.3 Å². The minimum absolute atomic E-state index is 0.119. The van der Waals surface area contributed by atoms with Crippen LogP contribution in [0.1, 0.15) is 39.2 Å². The normalized spacial score (nSPS) is 15.1. The zero-order chi connectivity index (χ0) is 19.2. The molecule has 2 aromatic rings. The molecule has 27 heavy (non-hydrogen) atoms. The lowest BCUT2D eigenvalue weighted by Crippen LogP contribution is -2.48. The van der Waals surface area contributed by atoms with Gasteiger partial charge >= 0.3 is 0 Å². The zero-order valence-corrected chi connectivity index (χ0v) is 15.3. The number of benzene rings is 2. The Balaban J connectivity index is 1.67. The molecule has 1 saturated heterocycles. The summed E-state index contributed by atoms with van der Waals surface area (Å²) in [7, 11) is 0. The van der Waals surface area contributed by atoms with E-state index >= 15 is 0 Å². The molecule has 6 heteroatoms. The summed E-state index contributed by atoms with van der Waals surface area (Å²) >= 11 is 0. The Morgan fingerprint density at radius 3 is 2.30 bits per heavy atom. The van der Waals surface area contributed by atoms with Crippen molar-refractivity contribution < 1.29 is 14.4 Å². The van der Waals surface area contributed by atoms with Crippen LogP contribution in [0.25, 0.3) is 0 Å². The molecular formula is C21H23N3O3. The van der Waals surface area contributed by atoms with Crippen molar-refractivity contribution in [3.63, 3.8) is 0 Å². The van der Waals surface area contributed by atoms with E-state index in [1.807, 2.05) is 37.3 Å². The largest absolute Gasteiger partial charge is 0.346 e. The third kappa shape index (κ3) is 4.53. The van der Waals surface area contributed by atoms with E-state index in [9.17, 15) is 14.4 Å². The number of amides is 3. The molecule has 3 rings (SSSR count). The molecule has 1 N–H and O–H groups in total. The molecule has 1 aliphatic heterocycles. The predicted octanol–water partition coefficient (Wildman–Crippen LogP) is 2.09. The van der Waals surface area contributed by atoms with E-state index in [-0.39, 0.29) is 17.9 Å². The summed E-state index contributed by atoms with van der Waals surface area (Å²) in [6.07, 6.45) is 0.806. The molecular weight excluding hydrogens is 342 g/mol. The second-order valence-corrected chi connectivity index (χ2v) is 6.62. The molecule has 0 aromatic heterocycles. The number of hydrogen-bond donors (Lipinski definition) is 1. The van der Waals surface area contributed by atoms with E-state index in [1.165, 1.54) is 0 Å². The van der Waals surface area contributed by atoms with Crippen molar-refractivity contribution in [2.75, 3.05) is 26.2 Å². The van der Waals surface area contributed by atoms with Crippen LogP contribution in [0.5, 0.6) is 0 Å². The van der Waals surface area contributed by atoms with Crippen LogP contribution >= 0.6 is 0 Å². The van der Waals surface area contributed by atoms with Crippen LogP contribution in [-0.4, -0.2) is 54.2 Å². The van der Waals surface area contributed by atoms with E-state index < -0.39 is 0 Å². The number of nitrogens with one attached hydrogen (secondary N) is 1. The second-order valence-electron chi connectivity index (χ2n) is 6.62. The van der Waals surface area contributed by atoms with E-state index in [4.69, 9.17) is 0 Å². The van der Waals surface area contributed by atoms with Gasteiger partial charge < -0.3 is 15.1 Å². The Labute approximate surface area is 158 Å². The minimum Gasteiger partial charge on any atom is -0.346 e. The van der Waals surface area contributed by atoms with Gasteiger partial charge in [-0.3, -0.25) is 14.4 Å². The number of nitrogens with zero attached hydrogens (tertiary/aromatic N) is 2. The summed E-state index contributed by atoms with van der Waals surface area (Å²) in [5.41, 5.74) is 1.95. The molecule has 1 atom stereocenters. The SMILES string of the molecule is CC(NC(=O)c1cccc(C(=O)N2CCN(C=O)CC2)c1)c1ccccc1. The Bertz CT molecular complexity index is 814. The highest BCUT2D eigenvalue weighted by Gasteiger charge is 2.22. The Morgan fingerprint density at radius 1 is 0.963 bits per heavy atom. The standard InChI is InChI=1S/C21H23N3O3/c1-16(17-6-3-2-4-7-17)22-20(26)18-8-5-9-19(14-18)21(27)24-12-10-23(15-25)11-13-24/h2-9,14-16H,10-13H2,1H3,(H,22,26). The smallest absolute Gasteiger partial charge is 0.253 e. The monoisotopic (exact) mass is 365 g/mol. The van der Waals surface area contributed by atoms with Crippen molar-refractivity contribution in [1.29, 1.82) is 0 Å². The summed E-state index contributed by atoms with van der Waals surface area (Å²) in [5.74, 6) is -0.335. The lowest BCUT2D eigenvalue weighted by Gasteiger charge is -2.32. The van der Waals surface area contributed by atoms with Gasteiger partial charge in [0.15, 0.2) is 0 Å². The maximum Gasteiger partial charge on any atom is 0.253 e. The van der Waals surface area contributed by atoms with Crippen LogP contribution in [0.3, 0.4) is 0 Å². The van der Waals surface area contributed by atoms with Crippen LogP contribution in [0, 0.1) is 0 Å². The molecule has 0 spiro atoms. The van der Waals surface area contributed by atoms with Gasteiger partial charge in [0.2, 0.25) is 6.41 Å². The predicted molar refractivity (Wildman–Crippen MR) is 102 cm³/mol. The topological polar surface area (TPSA) is 69.7 Å². The van der Waals surface area contributed by atoms with E-state index in [1.54, 1.807) is 34.1 Å². The van der Waals surface area contributed by atoms with Crippen molar-refractivity contribution in [1.82, 2.24) is 15.1 Å². The molecule has 0 bridgehead atoms. The lowest BCUT2D eigenvalue weighted by molar-refractivity contribution is -0.119. The summed E-state index contributed by atoms with van der Waals surface area (Å²) in [6, 6.07) is 16.4. The molecule has 0 saturated carbocycles. The van der Waals surface area contributed by atoms with Gasteiger partial charge in [-0.15, -0.1) is 0 Å². The third-order valence-electron chi connectivity index (χ3n) is 4.77. The summed E-state index contributed by atoms with van der Waals surface area (Å²) in [6.45, 7) is 3.99. The van der Waals surface area contributed by atoms with Crippen LogP contribution in [0.2, 0.25) is 0 Å². The summed E-state index contributed by atoms with van der Waals surface area (Å²) in [4.78, 5) is 39.4. The Morgan fingerprint density at radius 2 is 1.63 bits per heavy atom. The first-order valence-corrected chi connectivity index (χ1v) is 9.03. The lowest BCUT2D eigenvalue weighted by atomic mass is 10.1. The number of carbonyl (C=O) groups is 3. The van der Waals surface area contributed by atoms with Gasteiger partial charge in [-0.25, -0.2) is 0 Å². The average Bonchev–Trinajstić information content (AvgIpc) is 2.74. The second kappa shape index (κ2) is 8.49.